The van der Waals surface area contributed by atoms with Crippen LogP contribution >= 0.6 is 11.6 Å². The van der Waals surface area contributed by atoms with Crippen molar-refractivity contribution in [3.05, 3.63) is 71.0 Å². The molecule has 0 radical (unpaired) electrons. The Labute approximate surface area is 167 Å². The Morgan fingerprint density at radius 2 is 1.75 bits per heavy atom. The van der Waals surface area contributed by atoms with Crippen LogP contribution in [0.5, 0.6) is 5.75 Å². The molecule has 144 valence electrons. The van der Waals surface area contributed by atoms with Crippen molar-refractivity contribution in [3.8, 4) is 5.75 Å². The largest absolute Gasteiger partial charge is 0.497 e. The van der Waals surface area contributed by atoms with Gasteiger partial charge in [-0.3, -0.25) is 15.6 Å². The second kappa shape index (κ2) is 8.92. The van der Waals surface area contributed by atoms with Gasteiger partial charge in [0, 0.05) is 17.1 Å². The molecule has 0 aliphatic carbocycles. The minimum atomic E-state index is -0.345. The van der Waals surface area contributed by atoms with Crippen molar-refractivity contribution in [2.24, 2.45) is 0 Å². The number of nitrogens with one attached hydrogen (secondary N) is 3. The SMILES string of the molecule is COc1ccc(CNc2ncnc(NNC(=O)c3ccc(Cl)cc3)c2N)cc1. The Morgan fingerprint density at radius 1 is 1.07 bits per heavy atom. The molecule has 28 heavy (non-hydrogen) atoms. The van der Waals surface area contributed by atoms with Gasteiger partial charge in [-0.1, -0.05) is 23.7 Å². The fourth-order valence-corrected chi connectivity index (χ4v) is 2.48. The summed E-state index contributed by atoms with van der Waals surface area (Å²) in [6.07, 6.45) is 1.35. The first-order chi connectivity index (χ1) is 13.6. The van der Waals surface area contributed by atoms with Crippen molar-refractivity contribution in [2.75, 3.05) is 23.6 Å². The van der Waals surface area contributed by atoms with Crippen LogP contribution in [0.15, 0.2) is 54.9 Å². The second-order valence-corrected chi connectivity index (χ2v) is 6.21. The van der Waals surface area contributed by atoms with Gasteiger partial charge in [0.15, 0.2) is 11.6 Å². The first kappa shape index (κ1) is 19.2. The second-order valence-electron chi connectivity index (χ2n) is 5.77. The average Bonchev–Trinajstić information content (AvgIpc) is 2.73. The average molecular weight is 399 g/mol. The number of carbonyl (C=O) groups is 1. The Balaban J connectivity index is 1.61. The Bertz CT molecular complexity index is 948. The van der Waals surface area contributed by atoms with Crippen LogP contribution in [0.4, 0.5) is 17.3 Å². The number of halogens is 1. The summed E-state index contributed by atoms with van der Waals surface area (Å²) in [6.45, 7) is 0.516. The maximum atomic E-state index is 12.2. The molecule has 0 atom stereocenters. The first-order valence-electron chi connectivity index (χ1n) is 8.36. The van der Waals surface area contributed by atoms with E-state index in [2.05, 4.69) is 26.1 Å². The number of aromatic nitrogens is 2. The number of carbonyl (C=O) groups excluding carboxylic acids is 1. The van der Waals surface area contributed by atoms with Gasteiger partial charge in [0.1, 0.15) is 17.8 Å². The zero-order chi connectivity index (χ0) is 19.9. The van der Waals surface area contributed by atoms with Crippen LogP contribution < -0.4 is 26.6 Å². The molecule has 5 N–H and O–H groups in total. The van der Waals surface area contributed by atoms with E-state index >= 15 is 0 Å². The normalized spacial score (nSPS) is 10.2. The summed E-state index contributed by atoms with van der Waals surface area (Å²) in [7, 11) is 1.62. The van der Waals surface area contributed by atoms with Crippen molar-refractivity contribution in [2.45, 2.75) is 6.54 Å². The Morgan fingerprint density at radius 3 is 2.43 bits per heavy atom. The van der Waals surface area contributed by atoms with Gasteiger partial charge < -0.3 is 15.8 Å². The third kappa shape index (κ3) is 4.80. The maximum absolute atomic E-state index is 12.2. The zero-order valence-electron chi connectivity index (χ0n) is 15.1. The number of ether oxygens (including phenoxy) is 1. The van der Waals surface area contributed by atoms with Crippen LogP contribution in [-0.2, 0) is 6.54 Å². The highest BCUT2D eigenvalue weighted by atomic mass is 35.5. The van der Waals surface area contributed by atoms with Gasteiger partial charge >= 0.3 is 0 Å². The lowest BCUT2D eigenvalue weighted by Gasteiger charge is -2.13. The number of hydrogen-bond donors (Lipinski definition) is 4. The van der Waals surface area contributed by atoms with Crippen LogP contribution in [0.1, 0.15) is 15.9 Å². The molecule has 0 saturated heterocycles. The molecule has 1 amide bonds. The van der Waals surface area contributed by atoms with Gasteiger partial charge in [0.2, 0.25) is 0 Å². The quantitative estimate of drug-likeness (QED) is 0.452. The van der Waals surface area contributed by atoms with Gasteiger partial charge in [-0.2, -0.15) is 0 Å². The highest BCUT2D eigenvalue weighted by Gasteiger charge is 2.10. The monoisotopic (exact) mass is 398 g/mol. The molecule has 0 fully saturated rings. The number of rotatable bonds is 7. The molecule has 3 aromatic rings. The van der Waals surface area contributed by atoms with E-state index in [1.807, 2.05) is 24.3 Å². The summed E-state index contributed by atoms with van der Waals surface area (Å²) >= 11 is 5.82. The third-order valence-electron chi connectivity index (χ3n) is 3.90. The van der Waals surface area contributed by atoms with Crippen LogP contribution in [0.2, 0.25) is 5.02 Å². The van der Waals surface area contributed by atoms with Gasteiger partial charge in [0.25, 0.3) is 5.91 Å². The van der Waals surface area contributed by atoms with E-state index in [9.17, 15) is 4.79 Å². The molecule has 0 aliphatic rings. The number of hydrogen-bond acceptors (Lipinski definition) is 7. The number of benzene rings is 2. The van der Waals surface area contributed by atoms with Crippen LogP contribution in [-0.4, -0.2) is 23.0 Å². The molecule has 0 saturated carbocycles. The van der Waals surface area contributed by atoms with Crippen molar-refractivity contribution in [3.63, 3.8) is 0 Å². The standard InChI is InChI=1S/C19H19ClN6O2/c1-28-15-8-2-12(3-9-15)10-22-17-16(21)18(24-11-23-17)25-26-19(27)13-4-6-14(20)7-5-13/h2-9,11H,10,21H2,1H3,(H,26,27)(H2,22,23,24,25). The molecular formula is C19H19ClN6O2. The van der Waals surface area contributed by atoms with Crippen LogP contribution in [0, 0.1) is 0 Å². The first-order valence-corrected chi connectivity index (χ1v) is 8.74. The summed E-state index contributed by atoms with van der Waals surface area (Å²) in [5.74, 6) is 1.18. The maximum Gasteiger partial charge on any atom is 0.269 e. The predicted octanol–water partition coefficient (Wildman–Crippen LogP) is 3.09. The van der Waals surface area contributed by atoms with Gasteiger partial charge in [-0.25, -0.2) is 9.97 Å². The molecule has 9 heteroatoms. The summed E-state index contributed by atoms with van der Waals surface area (Å²) in [5.41, 5.74) is 13.1. The van der Waals surface area contributed by atoms with E-state index in [0.29, 0.717) is 22.9 Å². The van der Waals surface area contributed by atoms with E-state index < -0.39 is 0 Å². The van der Waals surface area contributed by atoms with Crippen molar-refractivity contribution < 1.29 is 9.53 Å². The minimum absolute atomic E-state index is 0.285. The van der Waals surface area contributed by atoms with Crippen molar-refractivity contribution in [1.82, 2.24) is 15.4 Å². The Hall–Kier alpha value is -3.52. The van der Waals surface area contributed by atoms with Crippen molar-refractivity contribution >= 4 is 34.8 Å². The molecule has 0 bridgehead atoms. The number of amides is 1. The molecule has 2 aromatic carbocycles. The summed E-state index contributed by atoms with van der Waals surface area (Å²) in [5, 5.41) is 3.70. The lowest BCUT2D eigenvalue weighted by Crippen LogP contribution is -2.30. The topological polar surface area (TPSA) is 114 Å². The fraction of sp³-hybridized carbons (Fsp3) is 0.105. The number of hydrazine groups is 1. The number of anilines is 3. The lowest BCUT2D eigenvalue weighted by molar-refractivity contribution is 0.0962. The molecule has 0 unspecified atom stereocenters. The number of methoxy groups -OCH3 is 1. The van der Waals surface area contributed by atoms with Crippen molar-refractivity contribution in [1.29, 1.82) is 0 Å². The minimum Gasteiger partial charge on any atom is -0.497 e. The molecule has 0 spiro atoms. The fourth-order valence-electron chi connectivity index (χ4n) is 2.35. The van der Waals surface area contributed by atoms with Gasteiger partial charge in [-0.05, 0) is 42.0 Å². The van der Waals surface area contributed by atoms with E-state index in [0.717, 1.165) is 11.3 Å². The van der Waals surface area contributed by atoms with Gasteiger partial charge in [0.05, 0.1) is 7.11 Å². The third-order valence-corrected chi connectivity index (χ3v) is 4.16. The molecular weight excluding hydrogens is 380 g/mol. The highest BCUT2D eigenvalue weighted by molar-refractivity contribution is 6.30. The number of nitrogen functional groups attached to an aromatic ring is 1. The highest BCUT2D eigenvalue weighted by Crippen LogP contribution is 2.22. The predicted molar refractivity (Wildman–Crippen MR) is 109 cm³/mol. The number of nitrogens with zero attached hydrogens (tertiary/aromatic N) is 2. The lowest BCUT2D eigenvalue weighted by atomic mass is 10.2. The van der Waals surface area contributed by atoms with Crippen LogP contribution in [0.25, 0.3) is 0 Å². The molecule has 1 heterocycles. The van der Waals surface area contributed by atoms with Gasteiger partial charge in [-0.15, -0.1) is 0 Å². The van der Waals surface area contributed by atoms with Crippen LogP contribution in [0.3, 0.4) is 0 Å². The zero-order valence-corrected chi connectivity index (χ0v) is 15.8. The van der Waals surface area contributed by atoms with E-state index in [-0.39, 0.29) is 17.4 Å². The molecule has 1 aromatic heterocycles. The molecule has 0 aliphatic heterocycles. The smallest absolute Gasteiger partial charge is 0.269 e. The van der Waals surface area contributed by atoms with E-state index in [1.165, 1.54) is 6.33 Å². The summed E-state index contributed by atoms with van der Waals surface area (Å²) in [6, 6.07) is 14.1. The molecule has 8 nitrogen and oxygen atoms in total. The summed E-state index contributed by atoms with van der Waals surface area (Å²) < 4.78 is 5.14. The Kier molecular flexibility index (Phi) is 6.13. The number of nitrogens with two attached hydrogens (primary N) is 1. The molecule has 3 rings (SSSR count). The summed E-state index contributed by atoms with van der Waals surface area (Å²) in [4.78, 5) is 20.4. The van der Waals surface area contributed by atoms with E-state index in [4.69, 9.17) is 22.1 Å². The van der Waals surface area contributed by atoms with E-state index in [1.54, 1.807) is 31.4 Å².